The van der Waals surface area contributed by atoms with Crippen LogP contribution in [-0.4, -0.2) is 55.6 Å². The van der Waals surface area contributed by atoms with E-state index in [2.05, 4.69) is 39.4 Å². The predicted molar refractivity (Wildman–Crippen MR) is 94.8 cm³/mol. The van der Waals surface area contributed by atoms with Crippen LogP contribution in [0.25, 0.3) is 0 Å². The highest BCUT2D eigenvalue weighted by Crippen LogP contribution is 2.15. The summed E-state index contributed by atoms with van der Waals surface area (Å²) in [5.41, 5.74) is 0. The van der Waals surface area contributed by atoms with Gasteiger partial charge >= 0.3 is 0 Å². The second-order valence-corrected chi connectivity index (χ2v) is 7.38. The molecule has 0 spiro atoms. The Hall–Kier alpha value is -1.14. The van der Waals surface area contributed by atoms with Crippen LogP contribution in [0.3, 0.4) is 0 Å². The lowest BCUT2D eigenvalue weighted by Gasteiger charge is -2.30. The van der Waals surface area contributed by atoms with Crippen LogP contribution in [0.15, 0.2) is 11.2 Å². The summed E-state index contributed by atoms with van der Waals surface area (Å²) in [6, 6.07) is 0. The molecule has 0 amide bonds. The van der Waals surface area contributed by atoms with Crippen LogP contribution in [0.5, 0.6) is 0 Å². The van der Waals surface area contributed by atoms with Crippen molar-refractivity contribution in [3.05, 3.63) is 16.1 Å². The molecule has 5 nitrogen and oxygen atoms in total. The zero-order valence-electron chi connectivity index (χ0n) is 14.1. The van der Waals surface area contributed by atoms with Crippen molar-refractivity contribution in [1.82, 2.24) is 20.5 Å². The van der Waals surface area contributed by atoms with Crippen LogP contribution in [0, 0.1) is 12.8 Å². The third-order valence-electron chi connectivity index (χ3n) is 4.12. The van der Waals surface area contributed by atoms with Gasteiger partial charge in [0.05, 0.1) is 5.01 Å². The Morgan fingerprint density at radius 1 is 1.36 bits per heavy atom. The molecule has 6 heteroatoms. The summed E-state index contributed by atoms with van der Waals surface area (Å²) >= 11 is 1.77. The van der Waals surface area contributed by atoms with Crippen molar-refractivity contribution in [2.45, 2.75) is 33.1 Å². The van der Waals surface area contributed by atoms with Crippen LogP contribution in [0.1, 0.15) is 29.7 Å². The van der Waals surface area contributed by atoms with Gasteiger partial charge in [-0.1, -0.05) is 6.92 Å². The highest BCUT2D eigenvalue weighted by atomic mass is 32.1. The van der Waals surface area contributed by atoms with E-state index in [1.807, 2.05) is 13.2 Å². The summed E-state index contributed by atoms with van der Waals surface area (Å²) in [7, 11) is 1.82. The minimum atomic E-state index is 0.869. The molecule has 124 valence electrons. The van der Waals surface area contributed by atoms with Crippen molar-refractivity contribution in [2.75, 3.05) is 39.8 Å². The molecule has 0 unspecified atom stereocenters. The molecule has 1 aromatic rings. The first-order valence-corrected chi connectivity index (χ1v) is 9.07. The molecule has 1 aromatic heterocycles. The summed E-state index contributed by atoms with van der Waals surface area (Å²) in [6.45, 7) is 9.83. The smallest absolute Gasteiger partial charge is 0.191 e. The van der Waals surface area contributed by atoms with Crippen molar-refractivity contribution in [1.29, 1.82) is 0 Å². The van der Waals surface area contributed by atoms with E-state index in [-0.39, 0.29) is 0 Å². The largest absolute Gasteiger partial charge is 0.356 e. The second-order valence-electron chi connectivity index (χ2n) is 6.06. The first kappa shape index (κ1) is 17.2. The lowest BCUT2D eigenvalue weighted by molar-refractivity contribution is 0.195. The monoisotopic (exact) mass is 323 g/mol. The van der Waals surface area contributed by atoms with Crippen LogP contribution in [-0.2, 0) is 6.42 Å². The number of nitrogens with zero attached hydrogens (tertiary/aromatic N) is 3. The maximum Gasteiger partial charge on any atom is 0.191 e. The van der Waals surface area contributed by atoms with E-state index in [1.165, 1.54) is 35.8 Å². The minimum Gasteiger partial charge on any atom is -0.356 e. The van der Waals surface area contributed by atoms with E-state index < -0.39 is 0 Å². The molecule has 0 saturated carbocycles. The molecule has 0 atom stereocenters. The van der Waals surface area contributed by atoms with E-state index in [0.29, 0.717) is 0 Å². The number of nitrogens with one attached hydrogen (secondary N) is 2. The molecule has 0 aliphatic carbocycles. The van der Waals surface area contributed by atoms with Crippen molar-refractivity contribution in [2.24, 2.45) is 10.9 Å². The average Bonchev–Trinajstić information content (AvgIpc) is 2.93. The van der Waals surface area contributed by atoms with Gasteiger partial charge in [0, 0.05) is 44.2 Å². The van der Waals surface area contributed by atoms with Gasteiger partial charge in [-0.25, -0.2) is 4.98 Å². The Morgan fingerprint density at radius 2 is 2.09 bits per heavy atom. The normalized spacial score (nSPS) is 17.7. The third-order valence-corrected chi connectivity index (χ3v) is 5.09. The molecule has 0 radical (unpaired) electrons. The molecule has 2 rings (SSSR count). The standard InChI is InChI=1S/C16H29N5S/c1-13-5-9-21(10-6-13)11-8-19-16(17-3)18-7-4-15-20-12-14(2)22-15/h12-13H,4-11H2,1-3H3,(H2,17,18,19). The SMILES string of the molecule is CN=C(NCCc1ncc(C)s1)NCCN1CCC(C)CC1. The lowest BCUT2D eigenvalue weighted by Crippen LogP contribution is -2.43. The summed E-state index contributed by atoms with van der Waals surface area (Å²) in [5, 5.41) is 7.94. The van der Waals surface area contributed by atoms with Gasteiger partial charge in [0.25, 0.3) is 0 Å². The van der Waals surface area contributed by atoms with Gasteiger partial charge in [0.1, 0.15) is 0 Å². The average molecular weight is 324 g/mol. The quantitative estimate of drug-likeness (QED) is 0.620. The van der Waals surface area contributed by atoms with Gasteiger partial charge in [-0.05, 0) is 38.8 Å². The number of piperidine rings is 1. The maximum atomic E-state index is 4.38. The fourth-order valence-corrected chi connectivity index (χ4v) is 3.43. The number of aromatic nitrogens is 1. The number of hydrogen-bond donors (Lipinski definition) is 2. The van der Waals surface area contributed by atoms with E-state index >= 15 is 0 Å². The zero-order valence-corrected chi connectivity index (χ0v) is 14.9. The van der Waals surface area contributed by atoms with Crippen LogP contribution in [0.4, 0.5) is 0 Å². The van der Waals surface area contributed by atoms with E-state index in [9.17, 15) is 0 Å². The third kappa shape index (κ3) is 5.93. The lowest BCUT2D eigenvalue weighted by atomic mass is 9.99. The highest BCUT2D eigenvalue weighted by molar-refractivity contribution is 7.11. The molecule has 2 heterocycles. The Kier molecular flexibility index (Phi) is 7.12. The molecule has 1 fully saturated rings. The Morgan fingerprint density at radius 3 is 2.73 bits per heavy atom. The van der Waals surface area contributed by atoms with Gasteiger partial charge in [0.15, 0.2) is 5.96 Å². The molecule has 22 heavy (non-hydrogen) atoms. The minimum absolute atomic E-state index is 0.869. The molecule has 2 N–H and O–H groups in total. The summed E-state index contributed by atoms with van der Waals surface area (Å²) in [4.78, 5) is 12.5. The maximum absolute atomic E-state index is 4.38. The highest BCUT2D eigenvalue weighted by Gasteiger charge is 2.14. The summed E-state index contributed by atoms with van der Waals surface area (Å²) in [5.74, 6) is 1.78. The number of aryl methyl sites for hydroxylation is 1. The van der Waals surface area contributed by atoms with E-state index in [0.717, 1.165) is 37.9 Å². The Bertz CT molecular complexity index is 463. The molecular formula is C16H29N5S. The molecule has 1 aliphatic heterocycles. The molecule has 0 bridgehead atoms. The van der Waals surface area contributed by atoms with Gasteiger partial charge < -0.3 is 15.5 Å². The molecular weight excluding hydrogens is 294 g/mol. The van der Waals surface area contributed by atoms with Crippen molar-refractivity contribution in [3.8, 4) is 0 Å². The van der Waals surface area contributed by atoms with Crippen LogP contribution in [0.2, 0.25) is 0 Å². The Balaban J connectivity index is 1.59. The summed E-state index contributed by atoms with van der Waals surface area (Å²) in [6.07, 6.45) is 5.55. The number of guanidine groups is 1. The number of aliphatic imine (C=N–C) groups is 1. The van der Waals surface area contributed by atoms with Crippen molar-refractivity contribution >= 4 is 17.3 Å². The van der Waals surface area contributed by atoms with Gasteiger partial charge in [-0.2, -0.15) is 0 Å². The van der Waals surface area contributed by atoms with Gasteiger partial charge in [-0.15, -0.1) is 11.3 Å². The van der Waals surface area contributed by atoms with Crippen LogP contribution >= 0.6 is 11.3 Å². The molecule has 1 saturated heterocycles. The zero-order chi connectivity index (χ0) is 15.8. The van der Waals surface area contributed by atoms with E-state index in [1.54, 1.807) is 11.3 Å². The number of hydrogen-bond acceptors (Lipinski definition) is 4. The predicted octanol–water partition coefficient (Wildman–Crippen LogP) is 1.89. The Labute approximate surface area is 138 Å². The first-order chi connectivity index (χ1) is 10.7. The van der Waals surface area contributed by atoms with Gasteiger partial charge in [-0.3, -0.25) is 4.99 Å². The number of likely N-dealkylation sites (tertiary alicyclic amines) is 1. The second kappa shape index (κ2) is 9.10. The summed E-state index contributed by atoms with van der Waals surface area (Å²) < 4.78 is 0. The van der Waals surface area contributed by atoms with Crippen molar-refractivity contribution < 1.29 is 0 Å². The number of thiazole rings is 1. The topological polar surface area (TPSA) is 52.6 Å². The first-order valence-electron chi connectivity index (χ1n) is 8.25. The fourth-order valence-electron chi connectivity index (χ4n) is 2.64. The van der Waals surface area contributed by atoms with Crippen LogP contribution < -0.4 is 10.6 Å². The molecule has 0 aromatic carbocycles. The molecule has 1 aliphatic rings. The van der Waals surface area contributed by atoms with E-state index in [4.69, 9.17) is 0 Å². The van der Waals surface area contributed by atoms with Gasteiger partial charge in [0.2, 0.25) is 0 Å². The fraction of sp³-hybridized carbons (Fsp3) is 0.750. The van der Waals surface area contributed by atoms with Crippen molar-refractivity contribution in [3.63, 3.8) is 0 Å². The number of rotatable bonds is 6.